The van der Waals surface area contributed by atoms with Crippen LogP contribution in [0.25, 0.3) is 0 Å². The molecule has 0 radical (unpaired) electrons. The summed E-state index contributed by atoms with van der Waals surface area (Å²) in [6, 6.07) is 5.23. The van der Waals surface area contributed by atoms with Gasteiger partial charge in [0.05, 0.1) is 11.1 Å². The fourth-order valence-electron chi connectivity index (χ4n) is 2.34. The fourth-order valence-corrected chi connectivity index (χ4v) is 2.34. The Hall–Kier alpha value is -4.04. The van der Waals surface area contributed by atoms with Crippen LogP contribution in [0.1, 0.15) is 48.4 Å². The Morgan fingerprint density at radius 2 is 0.842 bits per heavy atom. The van der Waals surface area contributed by atoms with Crippen LogP contribution in [0.5, 0.6) is 0 Å². The van der Waals surface area contributed by atoms with E-state index in [-0.39, 0.29) is 37.6 Å². The molecule has 0 saturated carbocycles. The Morgan fingerprint density at radius 1 is 0.553 bits per heavy atom. The molecule has 14 heteroatoms. The first-order chi connectivity index (χ1) is 17.8. The number of esters is 6. The Bertz CT molecular complexity index is 903. The quantitative estimate of drug-likeness (QED) is 0.177. The molecule has 4 atom stereocenters. The second-order valence-electron chi connectivity index (χ2n) is 7.69. The molecular formula is C24H30O14. The first kappa shape index (κ1) is 32.0. The highest BCUT2D eigenvalue weighted by atomic mass is 16.6. The van der Waals surface area contributed by atoms with Crippen LogP contribution in [0, 0.1) is 0 Å². The number of hydrogen-bond donors (Lipinski definition) is 2. The van der Waals surface area contributed by atoms with E-state index in [2.05, 4.69) is 9.47 Å². The summed E-state index contributed by atoms with van der Waals surface area (Å²) >= 11 is 0. The number of carbonyl (C=O) groups is 6. The van der Waals surface area contributed by atoms with Gasteiger partial charge in [-0.15, -0.1) is 0 Å². The van der Waals surface area contributed by atoms with Gasteiger partial charge in [-0.1, -0.05) is 0 Å². The first-order valence-electron chi connectivity index (χ1n) is 11.4. The number of carbonyl (C=O) groups excluding carboxylic acids is 6. The molecule has 0 amide bonds. The molecule has 0 aliphatic carbocycles. The first-order valence-corrected chi connectivity index (χ1v) is 11.4. The minimum Gasteiger partial charge on any atom is -0.459 e. The van der Waals surface area contributed by atoms with Gasteiger partial charge >= 0.3 is 35.8 Å². The van der Waals surface area contributed by atoms with Crippen molar-refractivity contribution in [1.29, 1.82) is 0 Å². The van der Waals surface area contributed by atoms with Gasteiger partial charge in [-0.2, -0.15) is 0 Å². The number of ether oxygens (including phenoxy) is 6. The van der Waals surface area contributed by atoms with Gasteiger partial charge in [0.1, 0.15) is 38.6 Å². The third kappa shape index (κ3) is 11.3. The third-order valence-electron chi connectivity index (χ3n) is 4.41. The standard InChI is InChI=1S/C24H30O14/c1-13(25)19(27)37-15(3)21(29)33-9-11-35-23(31)17-5-7-18(8-6-17)24(32)36-12-10-34-22(30)16(4)38-20(28)14(2)26/h5-8,13-16,25-26H,9-12H2,1-4H3/t13-,14-,15-,16-/m1/s1. The van der Waals surface area contributed by atoms with Gasteiger partial charge in [0.2, 0.25) is 0 Å². The van der Waals surface area contributed by atoms with E-state index in [4.69, 9.17) is 29.2 Å². The largest absolute Gasteiger partial charge is 0.459 e. The zero-order chi connectivity index (χ0) is 28.8. The summed E-state index contributed by atoms with van der Waals surface area (Å²) in [6.45, 7) is 3.68. The van der Waals surface area contributed by atoms with Crippen LogP contribution in [0.2, 0.25) is 0 Å². The van der Waals surface area contributed by atoms with Crippen molar-refractivity contribution in [3.8, 4) is 0 Å². The highest BCUT2D eigenvalue weighted by Crippen LogP contribution is 2.08. The molecule has 0 heterocycles. The molecule has 2 N–H and O–H groups in total. The Morgan fingerprint density at radius 3 is 1.13 bits per heavy atom. The number of rotatable bonds is 14. The highest BCUT2D eigenvalue weighted by Gasteiger charge is 2.23. The van der Waals surface area contributed by atoms with E-state index in [1.165, 1.54) is 52.0 Å². The molecule has 1 rings (SSSR count). The maximum Gasteiger partial charge on any atom is 0.347 e. The van der Waals surface area contributed by atoms with E-state index in [9.17, 15) is 28.8 Å². The maximum atomic E-state index is 12.1. The minimum absolute atomic E-state index is 0.0989. The highest BCUT2D eigenvalue weighted by molar-refractivity contribution is 5.93. The second kappa shape index (κ2) is 15.9. The van der Waals surface area contributed by atoms with Gasteiger partial charge in [-0.3, -0.25) is 0 Å². The number of hydrogen-bond acceptors (Lipinski definition) is 14. The van der Waals surface area contributed by atoms with Crippen LogP contribution in [0.4, 0.5) is 0 Å². The summed E-state index contributed by atoms with van der Waals surface area (Å²) in [7, 11) is 0. The molecule has 0 aromatic heterocycles. The Kier molecular flexibility index (Phi) is 13.4. The molecule has 0 aliphatic heterocycles. The molecular weight excluding hydrogens is 512 g/mol. The van der Waals surface area contributed by atoms with Crippen molar-refractivity contribution in [2.75, 3.05) is 26.4 Å². The molecule has 0 aliphatic rings. The third-order valence-corrected chi connectivity index (χ3v) is 4.41. The van der Waals surface area contributed by atoms with E-state index < -0.39 is 60.2 Å². The van der Waals surface area contributed by atoms with E-state index in [0.717, 1.165) is 0 Å². The lowest BCUT2D eigenvalue weighted by Gasteiger charge is -2.14. The van der Waals surface area contributed by atoms with Gasteiger partial charge < -0.3 is 38.6 Å². The maximum absolute atomic E-state index is 12.1. The molecule has 1 aromatic rings. The van der Waals surface area contributed by atoms with E-state index >= 15 is 0 Å². The average molecular weight is 542 g/mol. The van der Waals surface area contributed by atoms with Gasteiger partial charge in [-0.05, 0) is 52.0 Å². The monoisotopic (exact) mass is 542 g/mol. The van der Waals surface area contributed by atoms with Gasteiger partial charge in [0, 0.05) is 0 Å². The summed E-state index contributed by atoms with van der Waals surface area (Å²) < 4.78 is 28.9. The van der Waals surface area contributed by atoms with Crippen molar-refractivity contribution in [1.82, 2.24) is 0 Å². The molecule has 14 nitrogen and oxygen atoms in total. The van der Waals surface area contributed by atoms with Crippen LogP contribution < -0.4 is 0 Å². The summed E-state index contributed by atoms with van der Waals surface area (Å²) in [6.07, 6.45) is -5.29. The number of benzene rings is 1. The SMILES string of the molecule is C[C@@H](O)C(=O)O[C@H](C)C(=O)OCCOC(=O)c1ccc(C(=O)OCCOC(=O)[C@@H](C)OC(=O)[C@@H](C)O)cc1. The van der Waals surface area contributed by atoms with Crippen LogP contribution in [-0.4, -0.2) is 96.9 Å². The molecule has 0 spiro atoms. The van der Waals surface area contributed by atoms with Crippen LogP contribution in [0.15, 0.2) is 24.3 Å². The Labute approximate surface area is 217 Å². The number of aliphatic hydroxyl groups excluding tert-OH is 2. The van der Waals surface area contributed by atoms with Crippen LogP contribution >= 0.6 is 0 Å². The Balaban J connectivity index is 2.36. The van der Waals surface area contributed by atoms with Crippen molar-refractivity contribution in [2.45, 2.75) is 52.1 Å². The normalized spacial score (nSPS) is 13.6. The smallest absolute Gasteiger partial charge is 0.347 e. The van der Waals surface area contributed by atoms with Crippen molar-refractivity contribution < 1.29 is 67.4 Å². The van der Waals surface area contributed by atoms with Crippen molar-refractivity contribution in [3.63, 3.8) is 0 Å². The lowest BCUT2D eigenvalue weighted by molar-refractivity contribution is -0.171. The topological polar surface area (TPSA) is 198 Å². The fraction of sp³-hybridized carbons (Fsp3) is 0.500. The molecule has 1 aromatic carbocycles. The van der Waals surface area contributed by atoms with E-state index in [1.54, 1.807) is 0 Å². The second-order valence-corrected chi connectivity index (χ2v) is 7.69. The van der Waals surface area contributed by atoms with Gasteiger partial charge in [0.15, 0.2) is 12.2 Å². The molecule has 210 valence electrons. The lowest BCUT2D eigenvalue weighted by atomic mass is 10.1. The lowest BCUT2D eigenvalue weighted by Crippen LogP contribution is -2.31. The van der Waals surface area contributed by atoms with Crippen molar-refractivity contribution >= 4 is 35.8 Å². The molecule has 0 bridgehead atoms. The van der Waals surface area contributed by atoms with Gasteiger partial charge in [0.25, 0.3) is 0 Å². The molecule has 0 fully saturated rings. The predicted molar refractivity (Wildman–Crippen MR) is 123 cm³/mol. The zero-order valence-corrected chi connectivity index (χ0v) is 21.2. The van der Waals surface area contributed by atoms with E-state index in [0.29, 0.717) is 0 Å². The van der Waals surface area contributed by atoms with Gasteiger partial charge in [-0.25, -0.2) is 28.8 Å². The van der Waals surface area contributed by atoms with E-state index in [1.807, 2.05) is 0 Å². The summed E-state index contributed by atoms with van der Waals surface area (Å²) in [5, 5.41) is 18.1. The van der Waals surface area contributed by atoms with Crippen molar-refractivity contribution in [3.05, 3.63) is 35.4 Å². The summed E-state index contributed by atoms with van der Waals surface area (Å²) in [5.41, 5.74) is 0.198. The molecule has 38 heavy (non-hydrogen) atoms. The number of aliphatic hydroxyl groups is 2. The van der Waals surface area contributed by atoms with Crippen LogP contribution in [-0.2, 0) is 47.6 Å². The average Bonchev–Trinajstić information content (AvgIpc) is 2.88. The van der Waals surface area contributed by atoms with Crippen molar-refractivity contribution in [2.24, 2.45) is 0 Å². The molecule has 0 saturated heterocycles. The van der Waals surface area contributed by atoms with Crippen LogP contribution in [0.3, 0.4) is 0 Å². The summed E-state index contributed by atoms with van der Waals surface area (Å²) in [5.74, 6) is -5.26. The minimum atomic E-state index is -1.39. The zero-order valence-electron chi connectivity index (χ0n) is 21.2. The predicted octanol–water partition coefficient (Wildman–Crippen LogP) is -0.288. The molecule has 0 unspecified atom stereocenters. The summed E-state index contributed by atoms with van der Waals surface area (Å²) in [4.78, 5) is 70.1.